The maximum Gasteiger partial charge on any atom is 0.305 e. The zero-order valence-corrected chi connectivity index (χ0v) is 10.8. The Hall–Kier alpha value is -2.15. The minimum atomic E-state index is -0.850. The second-order valence-electron chi connectivity index (χ2n) is 5.00. The molecule has 1 amide bonds. The normalized spacial score (nSPS) is 11.1. The Morgan fingerprint density at radius 1 is 1.53 bits per heavy atom. The molecule has 4 N–H and O–H groups in total. The number of nitrogens with zero attached hydrogens (tertiary/aromatic N) is 1. The van der Waals surface area contributed by atoms with E-state index in [2.05, 4.69) is 5.32 Å². The Kier molecular flexibility index (Phi) is 4.44. The summed E-state index contributed by atoms with van der Waals surface area (Å²) in [6.07, 6.45) is 0. The minimum Gasteiger partial charge on any atom is -0.396 e. The molecule has 0 aliphatic rings. The molecule has 0 aliphatic carbocycles. The van der Waals surface area contributed by atoms with E-state index < -0.39 is 16.2 Å². The lowest BCUT2D eigenvalue weighted by Gasteiger charge is -2.22. The van der Waals surface area contributed by atoms with Crippen LogP contribution in [0, 0.1) is 15.5 Å². The number of aliphatic hydroxyl groups is 1. The topological polar surface area (TPSA) is 118 Å². The number of para-hydroxylation sites is 1. The summed E-state index contributed by atoms with van der Waals surface area (Å²) in [5.41, 5.74) is 4.41. The first-order valence-electron chi connectivity index (χ1n) is 5.70. The van der Waals surface area contributed by atoms with Gasteiger partial charge < -0.3 is 16.2 Å². The molecule has 0 spiro atoms. The molecule has 7 heteroatoms. The Bertz CT molecular complexity index is 500. The van der Waals surface area contributed by atoms with Crippen molar-refractivity contribution in [3.63, 3.8) is 0 Å². The van der Waals surface area contributed by atoms with Gasteiger partial charge >= 0.3 is 5.69 Å². The van der Waals surface area contributed by atoms with Crippen LogP contribution < -0.4 is 11.1 Å². The fraction of sp³-hybridized carbons (Fsp3) is 0.417. The van der Waals surface area contributed by atoms with Crippen LogP contribution >= 0.6 is 0 Å². The van der Waals surface area contributed by atoms with Crippen molar-refractivity contribution in [2.45, 2.75) is 13.8 Å². The number of amides is 1. The Morgan fingerprint density at radius 2 is 2.16 bits per heavy atom. The summed E-state index contributed by atoms with van der Waals surface area (Å²) < 4.78 is 0. The summed E-state index contributed by atoms with van der Waals surface area (Å²) in [6.45, 7) is 3.88. The van der Waals surface area contributed by atoms with Crippen LogP contribution in [0.2, 0.25) is 0 Å². The number of hydrogen-bond donors (Lipinski definition) is 3. The van der Waals surface area contributed by atoms with Crippen LogP contribution in [0.25, 0.3) is 0 Å². The van der Waals surface area contributed by atoms with Gasteiger partial charge in [0, 0.05) is 18.6 Å². The van der Waals surface area contributed by atoms with E-state index in [4.69, 9.17) is 10.8 Å². The number of nitrogens with two attached hydrogens (primary N) is 1. The largest absolute Gasteiger partial charge is 0.396 e. The highest BCUT2D eigenvalue weighted by molar-refractivity contribution is 5.99. The predicted molar refractivity (Wildman–Crippen MR) is 71.0 cm³/mol. The van der Waals surface area contributed by atoms with E-state index in [0.717, 1.165) is 0 Å². The van der Waals surface area contributed by atoms with Gasteiger partial charge in [0.25, 0.3) is 5.91 Å². The number of nitro benzene ring substituents is 1. The van der Waals surface area contributed by atoms with Crippen LogP contribution in [0.3, 0.4) is 0 Å². The van der Waals surface area contributed by atoms with Crippen molar-refractivity contribution < 1.29 is 14.8 Å². The highest BCUT2D eigenvalue weighted by atomic mass is 16.6. The number of carbonyl (C=O) groups is 1. The number of aliphatic hydroxyl groups excluding tert-OH is 1. The van der Waals surface area contributed by atoms with Gasteiger partial charge in [-0.05, 0) is 12.1 Å². The number of nitro groups is 1. The van der Waals surface area contributed by atoms with Gasteiger partial charge in [-0.25, -0.2) is 0 Å². The van der Waals surface area contributed by atoms with Crippen LogP contribution in [0.1, 0.15) is 24.2 Å². The third-order valence-electron chi connectivity index (χ3n) is 2.67. The van der Waals surface area contributed by atoms with Crippen LogP contribution in [0.4, 0.5) is 11.4 Å². The lowest BCUT2D eigenvalue weighted by molar-refractivity contribution is -0.384. The monoisotopic (exact) mass is 267 g/mol. The average molecular weight is 267 g/mol. The van der Waals surface area contributed by atoms with Gasteiger partial charge in [0.05, 0.1) is 4.92 Å². The molecule has 1 aromatic carbocycles. The van der Waals surface area contributed by atoms with Crippen molar-refractivity contribution in [1.29, 1.82) is 0 Å². The molecule has 0 saturated heterocycles. The van der Waals surface area contributed by atoms with Gasteiger partial charge in [-0.2, -0.15) is 0 Å². The summed E-state index contributed by atoms with van der Waals surface area (Å²) in [4.78, 5) is 21.6. The fourth-order valence-corrected chi connectivity index (χ4v) is 1.47. The van der Waals surface area contributed by atoms with Crippen LogP contribution in [-0.2, 0) is 0 Å². The first-order valence-corrected chi connectivity index (χ1v) is 5.70. The number of benzene rings is 1. The molecule has 19 heavy (non-hydrogen) atoms. The lowest BCUT2D eigenvalue weighted by Crippen LogP contribution is -2.27. The summed E-state index contributed by atoms with van der Waals surface area (Å²) in [5.74, 6) is -0.850. The van der Waals surface area contributed by atoms with E-state index in [9.17, 15) is 14.9 Å². The SMILES string of the molecule is CC(C)(CO)CNc1cccc(C(N)=O)c1[N+](=O)[O-]. The molecule has 1 rings (SSSR count). The number of carbonyl (C=O) groups excluding carboxylic acids is 1. The molecule has 0 bridgehead atoms. The number of primary amides is 1. The molecule has 0 atom stereocenters. The first kappa shape index (κ1) is 14.9. The van der Waals surface area contributed by atoms with Gasteiger partial charge in [-0.3, -0.25) is 14.9 Å². The van der Waals surface area contributed by atoms with Crippen molar-refractivity contribution in [3.05, 3.63) is 33.9 Å². The van der Waals surface area contributed by atoms with E-state index in [1.165, 1.54) is 18.2 Å². The van der Waals surface area contributed by atoms with E-state index in [1.807, 2.05) is 13.8 Å². The van der Waals surface area contributed by atoms with Crippen molar-refractivity contribution in [2.75, 3.05) is 18.5 Å². The molecule has 1 aromatic rings. The average Bonchev–Trinajstić information content (AvgIpc) is 2.35. The molecule has 0 fully saturated rings. The lowest BCUT2D eigenvalue weighted by atomic mass is 9.95. The zero-order chi connectivity index (χ0) is 14.6. The maximum atomic E-state index is 11.2. The zero-order valence-electron chi connectivity index (χ0n) is 10.8. The Balaban J connectivity index is 3.11. The van der Waals surface area contributed by atoms with Gasteiger partial charge in [0.1, 0.15) is 11.3 Å². The quantitative estimate of drug-likeness (QED) is 0.527. The minimum absolute atomic E-state index is 0.0662. The maximum absolute atomic E-state index is 11.2. The third kappa shape index (κ3) is 3.65. The van der Waals surface area contributed by atoms with Crippen molar-refractivity contribution in [1.82, 2.24) is 0 Å². The smallest absolute Gasteiger partial charge is 0.305 e. The molecule has 0 radical (unpaired) electrons. The highest BCUT2D eigenvalue weighted by Crippen LogP contribution is 2.29. The summed E-state index contributed by atoms with van der Waals surface area (Å²) in [5, 5.41) is 23.1. The van der Waals surface area contributed by atoms with E-state index in [-0.39, 0.29) is 23.5 Å². The first-order chi connectivity index (χ1) is 8.78. The summed E-state index contributed by atoms with van der Waals surface area (Å²) >= 11 is 0. The second kappa shape index (κ2) is 5.66. The predicted octanol–water partition coefficient (Wildman–Crippen LogP) is 1.12. The summed E-state index contributed by atoms with van der Waals surface area (Å²) in [6, 6.07) is 4.32. The van der Waals surface area contributed by atoms with E-state index in [0.29, 0.717) is 6.54 Å². The van der Waals surface area contributed by atoms with E-state index >= 15 is 0 Å². The van der Waals surface area contributed by atoms with Gasteiger partial charge in [-0.1, -0.05) is 19.9 Å². The fourth-order valence-electron chi connectivity index (χ4n) is 1.47. The van der Waals surface area contributed by atoms with Crippen LogP contribution in [0.5, 0.6) is 0 Å². The molecule has 0 unspecified atom stereocenters. The number of nitrogens with one attached hydrogen (secondary N) is 1. The van der Waals surface area contributed by atoms with Crippen molar-refractivity contribution >= 4 is 17.3 Å². The molecule has 104 valence electrons. The Labute approximate surface area is 110 Å². The van der Waals surface area contributed by atoms with Gasteiger partial charge in [0.15, 0.2) is 0 Å². The standard InChI is InChI=1S/C12H17N3O4/c1-12(2,7-16)6-14-9-5-3-4-8(11(13)17)10(9)15(18)19/h3-5,14,16H,6-7H2,1-2H3,(H2,13,17). The molecular formula is C12H17N3O4. The molecule has 0 aliphatic heterocycles. The molecule has 0 saturated carbocycles. The van der Waals surface area contributed by atoms with Crippen LogP contribution in [0.15, 0.2) is 18.2 Å². The third-order valence-corrected chi connectivity index (χ3v) is 2.67. The van der Waals surface area contributed by atoms with Crippen molar-refractivity contribution in [3.8, 4) is 0 Å². The van der Waals surface area contributed by atoms with Crippen LogP contribution in [-0.4, -0.2) is 29.1 Å². The Morgan fingerprint density at radius 3 is 2.63 bits per heavy atom. The summed E-state index contributed by atoms with van der Waals surface area (Å²) in [7, 11) is 0. The van der Waals surface area contributed by atoms with Gasteiger partial charge in [-0.15, -0.1) is 0 Å². The second-order valence-corrected chi connectivity index (χ2v) is 5.00. The molecule has 0 heterocycles. The number of anilines is 1. The molecular weight excluding hydrogens is 250 g/mol. The van der Waals surface area contributed by atoms with Crippen molar-refractivity contribution in [2.24, 2.45) is 11.1 Å². The number of rotatable bonds is 6. The number of hydrogen-bond acceptors (Lipinski definition) is 5. The molecule has 7 nitrogen and oxygen atoms in total. The van der Waals surface area contributed by atoms with E-state index in [1.54, 1.807) is 0 Å². The van der Waals surface area contributed by atoms with Gasteiger partial charge in [0.2, 0.25) is 0 Å². The highest BCUT2D eigenvalue weighted by Gasteiger charge is 2.24. The molecule has 0 aromatic heterocycles.